The second-order valence-electron chi connectivity index (χ2n) is 4.92. The molecule has 7 heteroatoms. The second-order valence-corrected chi connectivity index (χ2v) is 6.48. The van der Waals surface area contributed by atoms with Crippen LogP contribution in [0.1, 0.15) is 25.7 Å². The molecule has 110 valence electrons. The molecule has 1 saturated heterocycles. The molecular weight excluding hydrogens is 278 g/mol. The highest BCUT2D eigenvalue weighted by molar-refractivity contribution is 7.89. The van der Waals surface area contributed by atoms with Crippen molar-refractivity contribution >= 4 is 21.6 Å². The summed E-state index contributed by atoms with van der Waals surface area (Å²) >= 11 is 0. The van der Waals surface area contributed by atoms with Crippen LogP contribution in [0, 0.1) is 0 Å². The van der Waals surface area contributed by atoms with Crippen LogP contribution < -0.4 is 15.8 Å². The summed E-state index contributed by atoms with van der Waals surface area (Å²) in [6, 6.07) is 5.73. The molecule has 1 atom stereocenters. The van der Waals surface area contributed by atoms with Crippen molar-refractivity contribution in [1.29, 1.82) is 0 Å². The lowest BCUT2D eigenvalue weighted by molar-refractivity contribution is -0.118. The molecule has 1 fully saturated rings. The second kappa shape index (κ2) is 6.34. The van der Waals surface area contributed by atoms with Gasteiger partial charge in [-0.1, -0.05) is 18.9 Å². The zero-order valence-electron chi connectivity index (χ0n) is 11.1. The van der Waals surface area contributed by atoms with Gasteiger partial charge in [-0.2, -0.15) is 0 Å². The summed E-state index contributed by atoms with van der Waals surface area (Å²) in [5, 5.41) is 11.0. The van der Waals surface area contributed by atoms with E-state index >= 15 is 0 Å². The third-order valence-corrected chi connectivity index (χ3v) is 4.22. The molecule has 0 spiro atoms. The van der Waals surface area contributed by atoms with E-state index in [1.54, 1.807) is 12.1 Å². The summed E-state index contributed by atoms with van der Waals surface area (Å²) in [5.74, 6) is -0.140. The Morgan fingerprint density at radius 1 is 1.30 bits per heavy atom. The maximum absolute atomic E-state index is 12.1. The zero-order chi connectivity index (χ0) is 14.6. The minimum atomic E-state index is -3.76. The van der Waals surface area contributed by atoms with E-state index in [0.717, 1.165) is 32.2 Å². The quantitative estimate of drug-likeness (QED) is 0.768. The van der Waals surface area contributed by atoms with E-state index in [1.165, 1.54) is 12.1 Å². The van der Waals surface area contributed by atoms with Gasteiger partial charge in [0.2, 0.25) is 15.9 Å². The maximum Gasteiger partial charge on any atom is 0.241 e. The van der Waals surface area contributed by atoms with Crippen molar-refractivity contribution in [2.45, 2.75) is 36.6 Å². The molecule has 1 heterocycles. The Morgan fingerprint density at radius 2 is 2.10 bits per heavy atom. The van der Waals surface area contributed by atoms with Crippen molar-refractivity contribution in [3.05, 3.63) is 24.3 Å². The third-order valence-electron chi connectivity index (χ3n) is 3.31. The molecule has 1 aliphatic rings. The molecule has 1 amide bonds. The zero-order valence-corrected chi connectivity index (χ0v) is 11.9. The van der Waals surface area contributed by atoms with E-state index in [0.29, 0.717) is 5.69 Å². The van der Waals surface area contributed by atoms with E-state index in [1.807, 2.05) is 0 Å². The van der Waals surface area contributed by atoms with Crippen LogP contribution in [0.2, 0.25) is 0 Å². The summed E-state index contributed by atoms with van der Waals surface area (Å²) < 4.78 is 22.5. The highest BCUT2D eigenvalue weighted by atomic mass is 32.2. The fourth-order valence-corrected chi connectivity index (χ4v) is 2.79. The monoisotopic (exact) mass is 297 g/mol. The first-order chi connectivity index (χ1) is 9.47. The van der Waals surface area contributed by atoms with Crippen LogP contribution in [0.5, 0.6) is 0 Å². The molecule has 0 saturated carbocycles. The predicted octanol–water partition coefficient (Wildman–Crippen LogP) is 0.805. The lowest BCUT2D eigenvalue weighted by Crippen LogP contribution is -2.39. The van der Waals surface area contributed by atoms with Crippen molar-refractivity contribution in [3.8, 4) is 0 Å². The van der Waals surface area contributed by atoms with Gasteiger partial charge in [-0.25, -0.2) is 13.6 Å². The first kappa shape index (κ1) is 15.0. The maximum atomic E-state index is 12.1. The lowest BCUT2D eigenvalue weighted by atomic mass is 10.1. The SMILES string of the molecule is NS(=O)(=O)c1cccc(NC(=O)C2CCCCCN2)c1. The van der Waals surface area contributed by atoms with Crippen molar-refractivity contribution in [2.24, 2.45) is 5.14 Å². The third kappa shape index (κ3) is 4.03. The van der Waals surface area contributed by atoms with Crippen molar-refractivity contribution in [2.75, 3.05) is 11.9 Å². The van der Waals surface area contributed by atoms with Gasteiger partial charge in [0.25, 0.3) is 0 Å². The van der Waals surface area contributed by atoms with Gasteiger partial charge in [-0.15, -0.1) is 0 Å². The minimum Gasteiger partial charge on any atom is -0.325 e. The summed E-state index contributed by atoms with van der Waals surface area (Å²) in [4.78, 5) is 12.1. The van der Waals surface area contributed by atoms with Crippen LogP contribution in [0.3, 0.4) is 0 Å². The number of primary sulfonamides is 1. The fourth-order valence-electron chi connectivity index (χ4n) is 2.23. The molecule has 0 bridgehead atoms. The number of sulfonamides is 1. The average molecular weight is 297 g/mol. The van der Waals surface area contributed by atoms with E-state index in [-0.39, 0.29) is 16.8 Å². The first-order valence-corrected chi connectivity index (χ1v) is 8.18. The summed E-state index contributed by atoms with van der Waals surface area (Å²) in [6.45, 7) is 0.829. The number of hydrogen-bond donors (Lipinski definition) is 3. The number of amides is 1. The van der Waals surface area contributed by atoms with Gasteiger partial charge in [-0.3, -0.25) is 4.79 Å². The molecule has 1 aromatic carbocycles. The molecule has 4 N–H and O–H groups in total. The number of carbonyl (C=O) groups excluding carboxylic acids is 1. The van der Waals surface area contributed by atoms with E-state index in [9.17, 15) is 13.2 Å². The van der Waals surface area contributed by atoms with Crippen LogP contribution >= 0.6 is 0 Å². The lowest BCUT2D eigenvalue weighted by Gasteiger charge is -2.15. The number of nitrogens with two attached hydrogens (primary N) is 1. The Labute approximate surface area is 118 Å². The highest BCUT2D eigenvalue weighted by Crippen LogP contribution is 2.16. The average Bonchev–Trinajstić information content (AvgIpc) is 2.67. The normalized spacial score (nSPS) is 20.1. The van der Waals surface area contributed by atoms with Gasteiger partial charge in [-0.05, 0) is 37.6 Å². The number of anilines is 1. The van der Waals surface area contributed by atoms with E-state index < -0.39 is 10.0 Å². The highest BCUT2D eigenvalue weighted by Gasteiger charge is 2.19. The Balaban J connectivity index is 2.07. The van der Waals surface area contributed by atoms with Crippen LogP contribution in [0.4, 0.5) is 5.69 Å². The minimum absolute atomic E-state index is 0.0101. The van der Waals surface area contributed by atoms with Crippen molar-refractivity contribution in [1.82, 2.24) is 5.32 Å². The fraction of sp³-hybridized carbons (Fsp3) is 0.462. The number of carbonyl (C=O) groups is 1. The van der Waals surface area contributed by atoms with Gasteiger partial charge < -0.3 is 10.6 Å². The first-order valence-electron chi connectivity index (χ1n) is 6.64. The van der Waals surface area contributed by atoms with E-state index in [2.05, 4.69) is 10.6 Å². The van der Waals surface area contributed by atoms with Crippen LogP contribution in [-0.4, -0.2) is 26.9 Å². The molecular formula is C13H19N3O3S. The molecule has 20 heavy (non-hydrogen) atoms. The summed E-state index contributed by atoms with van der Waals surface area (Å²) in [6.07, 6.45) is 4.01. The van der Waals surface area contributed by atoms with Gasteiger partial charge in [0.1, 0.15) is 0 Å². The Morgan fingerprint density at radius 3 is 2.85 bits per heavy atom. The molecule has 1 aromatic rings. The summed E-state index contributed by atoms with van der Waals surface area (Å²) in [7, 11) is -3.76. The molecule has 0 aromatic heterocycles. The van der Waals surface area contributed by atoms with Gasteiger partial charge in [0, 0.05) is 5.69 Å². The van der Waals surface area contributed by atoms with E-state index in [4.69, 9.17) is 5.14 Å². The molecule has 0 aliphatic carbocycles. The van der Waals surface area contributed by atoms with Gasteiger partial charge in [0.05, 0.1) is 10.9 Å². The Hall–Kier alpha value is -1.44. The molecule has 1 unspecified atom stereocenters. The smallest absolute Gasteiger partial charge is 0.241 e. The Kier molecular flexibility index (Phi) is 4.74. The number of rotatable bonds is 3. The van der Waals surface area contributed by atoms with Crippen molar-refractivity contribution < 1.29 is 13.2 Å². The number of nitrogens with one attached hydrogen (secondary N) is 2. The molecule has 6 nitrogen and oxygen atoms in total. The van der Waals surface area contributed by atoms with Gasteiger partial charge in [0.15, 0.2) is 0 Å². The van der Waals surface area contributed by atoms with Crippen LogP contribution in [-0.2, 0) is 14.8 Å². The summed E-state index contributed by atoms with van der Waals surface area (Å²) in [5.41, 5.74) is 0.438. The number of benzene rings is 1. The van der Waals surface area contributed by atoms with Crippen LogP contribution in [0.25, 0.3) is 0 Å². The molecule has 0 radical (unpaired) electrons. The van der Waals surface area contributed by atoms with Gasteiger partial charge >= 0.3 is 0 Å². The molecule has 2 rings (SSSR count). The number of hydrogen-bond acceptors (Lipinski definition) is 4. The standard InChI is InChI=1S/C13H19N3O3S/c14-20(18,19)11-6-4-5-10(9-11)16-13(17)12-7-2-1-3-8-15-12/h4-6,9,12,15H,1-3,7-8H2,(H,16,17)(H2,14,18,19). The van der Waals surface area contributed by atoms with Crippen molar-refractivity contribution in [3.63, 3.8) is 0 Å². The largest absolute Gasteiger partial charge is 0.325 e. The topological polar surface area (TPSA) is 101 Å². The van der Waals surface area contributed by atoms with Crippen LogP contribution in [0.15, 0.2) is 29.2 Å². The molecule has 1 aliphatic heterocycles. The Bertz CT molecular complexity index is 578. The predicted molar refractivity (Wildman–Crippen MR) is 76.7 cm³/mol.